The molecule has 0 radical (unpaired) electrons. The molecule has 1 amide bonds. The normalized spacial score (nSPS) is 17.3. The average molecular weight is 331 g/mol. The highest BCUT2D eigenvalue weighted by molar-refractivity contribution is 5.77. The highest BCUT2D eigenvalue weighted by atomic mass is 16.5. The molecule has 1 fully saturated rings. The van der Waals surface area contributed by atoms with Crippen LogP contribution in [-0.2, 0) is 22.6 Å². The number of nitrogens with zero attached hydrogens (tertiary/aromatic N) is 4. The summed E-state index contributed by atoms with van der Waals surface area (Å²) in [6.07, 6.45) is 5.31. The number of carbonyl (C=O) groups excluding carboxylic acids is 1. The van der Waals surface area contributed by atoms with Gasteiger partial charge in [0.25, 0.3) is 5.89 Å². The van der Waals surface area contributed by atoms with E-state index in [1.165, 1.54) is 0 Å². The Kier molecular flexibility index (Phi) is 5.50. The smallest absolute Gasteiger partial charge is 0.255 e. The zero-order valence-electron chi connectivity index (χ0n) is 13.6. The minimum atomic E-state index is -0.104. The summed E-state index contributed by atoms with van der Waals surface area (Å²) in [7, 11) is 1.89. The number of pyridine rings is 1. The number of hydrogen-bond donors (Lipinski definition) is 1. The summed E-state index contributed by atoms with van der Waals surface area (Å²) >= 11 is 0. The molecule has 8 heteroatoms. The summed E-state index contributed by atoms with van der Waals surface area (Å²) < 4.78 is 10.7. The molecule has 1 saturated heterocycles. The van der Waals surface area contributed by atoms with Crippen molar-refractivity contribution in [1.82, 2.24) is 25.3 Å². The first-order chi connectivity index (χ1) is 11.7. The van der Waals surface area contributed by atoms with Crippen LogP contribution in [0.15, 0.2) is 29.0 Å². The predicted octanol–water partition coefficient (Wildman–Crippen LogP) is 1.06. The molecular formula is C16H21N5O3. The molecule has 0 bridgehead atoms. The van der Waals surface area contributed by atoms with Crippen LogP contribution in [-0.4, -0.2) is 46.1 Å². The van der Waals surface area contributed by atoms with Crippen molar-refractivity contribution in [2.24, 2.45) is 0 Å². The van der Waals surface area contributed by atoms with Crippen LogP contribution >= 0.6 is 0 Å². The third-order valence-corrected chi connectivity index (χ3v) is 3.72. The van der Waals surface area contributed by atoms with Crippen molar-refractivity contribution in [1.29, 1.82) is 0 Å². The lowest BCUT2D eigenvalue weighted by molar-refractivity contribution is -0.122. The van der Waals surface area contributed by atoms with Gasteiger partial charge in [-0.1, -0.05) is 11.2 Å². The van der Waals surface area contributed by atoms with Crippen LogP contribution in [0.25, 0.3) is 0 Å². The van der Waals surface area contributed by atoms with E-state index in [-0.39, 0.29) is 25.1 Å². The van der Waals surface area contributed by atoms with E-state index in [9.17, 15) is 4.79 Å². The van der Waals surface area contributed by atoms with Crippen molar-refractivity contribution < 1.29 is 14.1 Å². The summed E-state index contributed by atoms with van der Waals surface area (Å²) in [5, 5.41) is 6.67. The van der Waals surface area contributed by atoms with E-state index in [2.05, 4.69) is 20.4 Å². The van der Waals surface area contributed by atoms with E-state index in [0.29, 0.717) is 18.3 Å². The van der Waals surface area contributed by atoms with Crippen LogP contribution in [0.3, 0.4) is 0 Å². The maximum atomic E-state index is 12.0. The Morgan fingerprint density at radius 2 is 2.42 bits per heavy atom. The molecule has 0 spiro atoms. The average Bonchev–Trinajstić information content (AvgIpc) is 3.25. The topological polar surface area (TPSA) is 93.4 Å². The van der Waals surface area contributed by atoms with E-state index in [0.717, 1.165) is 25.0 Å². The van der Waals surface area contributed by atoms with Crippen molar-refractivity contribution in [2.45, 2.75) is 32.0 Å². The summed E-state index contributed by atoms with van der Waals surface area (Å²) in [5.74, 6) is 0.860. The molecule has 24 heavy (non-hydrogen) atoms. The molecule has 1 aliphatic heterocycles. The van der Waals surface area contributed by atoms with Gasteiger partial charge in [-0.3, -0.25) is 14.7 Å². The molecule has 1 aliphatic rings. The number of likely N-dealkylation sites (N-methyl/N-ethyl adjacent to an activating group) is 1. The third kappa shape index (κ3) is 4.59. The van der Waals surface area contributed by atoms with E-state index in [4.69, 9.17) is 9.26 Å². The van der Waals surface area contributed by atoms with Gasteiger partial charge in [0.2, 0.25) is 5.91 Å². The second-order valence-corrected chi connectivity index (χ2v) is 5.86. The fourth-order valence-corrected chi connectivity index (χ4v) is 2.58. The largest absolute Gasteiger partial charge is 0.368 e. The Balaban J connectivity index is 1.42. The molecule has 3 rings (SSSR count). The number of ether oxygens (including phenoxy) is 1. The van der Waals surface area contributed by atoms with Crippen molar-refractivity contribution in [3.63, 3.8) is 0 Å². The van der Waals surface area contributed by atoms with Crippen molar-refractivity contribution >= 4 is 5.91 Å². The zero-order valence-corrected chi connectivity index (χ0v) is 13.6. The maximum absolute atomic E-state index is 12.0. The highest BCUT2D eigenvalue weighted by Gasteiger charge is 2.23. The van der Waals surface area contributed by atoms with Gasteiger partial charge in [0.15, 0.2) is 5.82 Å². The van der Waals surface area contributed by atoms with Crippen LogP contribution in [0, 0.1) is 0 Å². The first-order valence-corrected chi connectivity index (χ1v) is 7.99. The SMILES string of the molecule is CN(CC(=O)NCc1noc(C2CCCO2)n1)Cc1cccnc1. The minimum Gasteiger partial charge on any atom is -0.368 e. The van der Waals surface area contributed by atoms with Gasteiger partial charge in [-0.2, -0.15) is 4.98 Å². The Labute approximate surface area is 140 Å². The molecule has 0 saturated carbocycles. The second-order valence-electron chi connectivity index (χ2n) is 5.86. The van der Waals surface area contributed by atoms with Crippen LogP contribution in [0.1, 0.15) is 36.2 Å². The van der Waals surface area contributed by atoms with Gasteiger partial charge in [-0.25, -0.2) is 0 Å². The van der Waals surface area contributed by atoms with E-state index in [1.807, 2.05) is 24.1 Å². The van der Waals surface area contributed by atoms with Gasteiger partial charge in [0, 0.05) is 25.5 Å². The summed E-state index contributed by atoms with van der Waals surface area (Å²) in [4.78, 5) is 22.3. The monoisotopic (exact) mass is 331 g/mol. The fraction of sp³-hybridized carbons (Fsp3) is 0.500. The third-order valence-electron chi connectivity index (χ3n) is 3.72. The van der Waals surface area contributed by atoms with Gasteiger partial charge >= 0.3 is 0 Å². The van der Waals surface area contributed by atoms with Crippen molar-refractivity contribution in [3.05, 3.63) is 41.8 Å². The highest BCUT2D eigenvalue weighted by Crippen LogP contribution is 2.26. The van der Waals surface area contributed by atoms with Crippen LogP contribution in [0.4, 0.5) is 0 Å². The second kappa shape index (κ2) is 7.98. The maximum Gasteiger partial charge on any atom is 0.255 e. The van der Waals surface area contributed by atoms with Gasteiger partial charge in [0.05, 0.1) is 13.1 Å². The van der Waals surface area contributed by atoms with Gasteiger partial charge in [-0.05, 0) is 31.5 Å². The Morgan fingerprint density at radius 3 is 3.17 bits per heavy atom. The number of amides is 1. The van der Waals surface area contributed by atoms with Crippen LogP contribution in [0.2, 0.25) is 0 Å². The number of carbonyl (C=O) groups is 1. The molecule has 0 aliphatic carbocycles. The molecule has 8 nitrogen and oxygen atoms in total. The molecule has 2 aromatic rings. The molecule has 128 valence electrons. The molecule has 1 atom stereocenters. The molecule has 3 heterocycles. The number of hydrogen-bond acceptors (Lipinski definition) is 7. The summed E-state index contributed by atoms with van der Waals surface area (Å²) in [6, 6.07) is 3.86. The first kappa shape index (κ1) is 16.5. The molecule has 1 N–H and O–H groups in total. The Morgan fingerprint density at radius 1 is 1.50 bits per heavy atom. The Bertz CT molecular complexity index is 655. The lowest BCUT2D eigenvalue weighted by Gasteiger charge is -2.15. The van der Waals surface area contributed by atoms with E-state index >= 15 is 0 Å². The first-order valence-electron chi connectivity index (χ1n) is 7.99. The van der Waals surface area contributed by atoms with Crippen molar-refractivity contribution in [2.75, 3.05) is 20.2 Å². The van der Waals surface area contributed by atoms with Crippen LogP contribution in [0.5, 0.6) is 0 Å². The fourth-order valence-electron chi connectivity index (χ4n) is 2.58. The standard InChI is InChI=1S/C16H21N5O3/c1-21(10-12-4-2-6-17-8-12)11-15(22)18-9-14-19-16(24-20-14)13-5-3-7-23-13/h2,4,6,8,13H,3,5,7,9-11H2,1H3,(H,18,22). The van der Waals surface area contributed by atoms with Crippen LogP contribution < -0.4 is 5.32 Å². The van der Waals surface area contributed by atoms with Gasteiger partial charge in [-0.15, -0.1) is 0 Å². The predicted molar refractivity (Wildman–Crippen MR) is 84.6 cm³/mol. The van der Waals surface area contributed by atoms with Crippen molar-refractivity contribution in [3.8, 4) is 0 Å². The quantitative estimate of drug-likeness (QED) is 0.811. The molecule has 2 aromatic heterocycles. The number of nitrogens with one attached hydrogen (secondary N) is 1. The summed E-state index contributed by atoms with van der Waals surface area (Å²) in [6.45, 7) is 1.91. The molecular weight excluding hydrogens is 310 g/mol. The lowest BCUT2D eigenvalue weighted by atomic mass is 10.2. The Hall–Kier alpha value is -2.32. The zero-order chi connectivity index (χ0) is 16.8. The van der Waals surface area contributed by atoms with Gasteiger partial charge < -0.3 is 14.6 Å². The lowest BCUT2D eigenvalue weighted by Crippen LogP contribution is -2.34. The van der Waals surface area contributed by atoms with E-state index < -0.39 is 0 Å². The molecule has 1 unspecified atom stereocenters. The minimum absolute atomic E-state index is 0.0927. The van der Waals surface area contributed by atoms with Gasteiger partial charge in [0.1, 0.15) is 6.10 Å². The summed E-state index contributed by atoms with van der Waals surface area (Å²) in [5.41, 5.74) is 1.06. The number of aromatic nitrogens is 3. The number of rotatable bonds is 7. The molecule has 0 aromatic carbocycles. The van der Waals surface area contributed by atoms with E-state index in [1.54, 1.807) is 12.4 Å².